The highest BCUT2D eigenvalue weighted by atomic mass is 16.3. The fourth-order valence-corrected chi connectivity index (χ4v) is 2.58. The Hall–Kier alpha value is -2.12. The predicted octanol–water partition coefficient (Wildman–Crippen LogP) is 2.38. The van der Waals surface area contributed by atoms with Gasteiger partial charge >= 0.3 is 0 Å². The summed E-state index contributed by atoms with van der Waals surface area (Å²) >= 11 is 0. The molecule has 1 aliphatic carbocycles. The summed E-state index contributed by atoms with van der Waals surface area (Å²) in [5, 5.41) is 21.9. The van der Waals surface area contributed by atoms with Crippen molar-refractivity contribution >= 4 is 12.0 Å². The first-order chi connectivity index (χ1) is 10.1. The van der Waals surface area contributed by atoms with Gasteiger partial charge in [0, 0.05) is 12.6 Å². The van der Waals surface area contributed by atoms with Crippen molar-refractivity contribution in [3.63, 3.8) is 0 Å². The third-order valence-electron chi connectivity index (χ3n) is 3.82. The molecule has 0 unspecified atom stereocenters. The standard InChI is InChI=1S/C17H20N2O2/c18-12-15-6-4-5-14(11-15)7-8-16(20)19-13-17(21)9-2-1-3-10-17/h4-8,11,21H,1-3,9-10,13H2,(H,19,20). The Kier molecular flexibility index (Phi) is 5.13. The Labute approximate surface area is 125 Å². The van der Waals surface area contributed by atoms with E-state index < -0.39 is 5.60 Å². The summed E-state index contributed by atoms with van der Waals surface area (Å²) in [6.45, 7) is 0.300. The van der Waals surface area contributed by atoms with Crippen molar-refractivity contribution in [2.75, 3.05) is 6.54 Å². The molecule has 2 rings (SSSR count). The van der Waals surface area contributed by atoms with Crippen molar-refractivity contribution in [1.29, 1.82) is 5.26 Å². The van der Waals surface area contributed by atoms with Gasteiger partial charge in [0.05, 0.1) is 17.2 Å². The van der Waals surface area contributed by atoms with Crippen LogP contribution in [0.25, 0.3) is 6.08 Å². The summed E-state index contributed by atoms with van der Waals surface area (Å²) < 4.78 is 0. The van der Waals surface area contributed by atoms with Gasteiger partial charge in [0.1, 0.15) is 0 Å². The third kappa shape index (κ3) is 4.73. The second-order valence-electron chi connectivity index (χ2n) is 5.57. The molecule has 0 atom stereocenters. The maximum Gasteiger partial charge on any atom is 0.244 e. The van der Waals surface area contributed by atoms with Crippen LogP contribution in [0.5, 0.6) is 0 Å². The van der Waals surface area contributed by atoms with Crippen LogP contribution in [-0.4, -0.2) is 23.2 Å². The molecule has 0 bridgehead atoms. The summed E-state index contributed by atoms with van der Waals surface area (Å²) in [7, 11) is 0. The maximum atomic E-state index is 11.8. The van der Waals surface area contributed by atoms with Crippen molar-refractivity contribution in [1.82, 2.24) is 5.32 Å². The van der Waals surface area contributed by atoms with Crippen molar-refractivity contribution in [3.8, 4) is 6.07 Å². The predicted molar refractivity (Wildman–Crippen MR) is 81.2 cm³/mol. The first-order valence-corrected chi connectivity index (χ1v) is 7.30. The van der Waals surface area contributed by atoms with Crippen molar-refractivity contribution in [3.05, 3.63) is 41.5 Å². The monoisotopic (exact) mass is 284 g/mol. The van der Waals surface area contributed by atoms with Crippen LogP contribution in [0, 0.1) is 11.3 Å². The largest absolute Gasteiger partial charge is 0.388 e. The van der Waals surface area contributed by atoms with Crippen LogP contribution >= 0.6 is 0 Å². The molecule has 2 N–H and O–H groups in total. The second kappa shape index (κ2) is 7.05. The topological polar surface area (TPSA) is 73.1 Å². The number of carbonyl (C=O) groups is 1. The number of rotatable bonds is 4. The van der Waals surface area contributed by atoms with E-state index in [1.54, 1.807) is 24.3 Å². The van der Waals surface area contributed by atoms with Gasteiger partial charge in [0.25, 0.3) is 0 Å². The zero-order valence-corrected chi connectivity index (χ0v) is 12.0. The quantitative estimate of drug-likeness (QED) is 0.834. The minimum atomic E-state index is -0.748. The van der Waals surface area contributed by atoms with Crippen LogP contribution in [0.1, 0.15) is 43.2 Å². The number of hydrogen-bond donors (Lipinski definition) is 2. The summed E-state index contributed by atoms with van der Waals surface area (Å²) in [5.41, 5.74) is 0.623. The van der Waals surface area contributed by atoms with E-state index >= 15 is 0 Å². The Bertz CT molecular complexity index is 566. The minimum absolute atomic E-state index is 0.226. The zero-order chi connectivity index (χ0) is 15.1. The van der Waals surface area contributed by atoms with Gasteiger partial charge in [-0.15, -0.1) is 0 Å². The van der Waals surface area contributed by atoms with E-state index in [4.69, 9.17) is 5.26 Å². The highest BCUT2D eigenvalue weighted by molar-refractivity contribution is 5.91. The normalized spacial score (nSPS) is 17.3. The molecular weight excluding hydrogens is 264 g/mol. The lowest BCUT2D eigenvalue weighted by molar-refractivity contribution is -0.118. The molecule has 1 aliphatic rings. The Morgan fingerprint density at radius 3 is 2.86 bits per heavy atom. The number of aliphatic hydroxyl groups is 1. The van der Waals surface area contributed by atoms with E-state index in [2.05, 4.69) is 11.4 Å². The SMILES string of the molecule is N#Cc1cccc(C=CC(=O)NCC2(O)CCCCC2)c1. The molecule has 21 heavy (non-hydrogen) atoms. The number of hydrogen-bond acceptors (Lipinski definition) is 3. The van der Waals surface area contributed by atoms with E-state index in [1.807, 2.05) is 6.07 Å². The van der Waals surface area contributed by atoms with Gasteiger partial charge in [-0.3, -0.25) is 4.79 Å². The smallest absolute Gasteiger partial charge is 0.244 e. The average molecular weight is 284 g/mol. The van der Waals surface area contributed by atoms with Crippen LogP contribution in [0.4, 0.5) is 0 Å². The summed E-state index contributed by atoms with van der Waals surface area (Å²) in [6.07, 6.45) is 7.80. The lowest BCUT2D eigenvalue weighted by Gasteiger charge is -2.31. The van der Waals surface area contributed by atoms with E-state index in [0.717, 1.165) is 37.7 Å². The van der Waals surface area contributed by atoms with Crippen molar-refractivity contribution in [2.45, 2.75) is 37.7 Å². The number of nitrogens with one attached hydrogen (secondary N) is 1. The summed E-state index contributed by atoms with van der Waals surface area (Å²) in [6, 6.07) is 9.11. The van der Waals surface area contributed by atoms with Gasteiger partial charge in [0.2, 0.25) is 5.91 Å². The lowest BCUT2D eigenvalue weighted by Crippen LogP contribution is -2.43. The fraction of sp³-hybridized carbons (Fsp3) is 0.412. The number of amides is 1. The van der Waals surface area contributed by atoms with Gasteiger partial charge in [0.15, 0.2) is 0 Å². The molecule has 4 nitrogen and oxygen atoms in total. The third-order valence-corrected chi connectivity index (χ3v) is 3.82. The highest BCUT2D eigenvalue weighted by Gasteiger charge is 2.29. The number of benzene rings is 1. The number of carbonyl (C=O) groups excluding carboxylic acids is 1. The molecule has 0 aromatic heterocycles. The Balaban J connectivity index is 1.86. The number of nitrogens with zero attached hydrogens (tertiary/aromatic N) is 1. The minimum Gasteiger partial charge on any atom is -0.388 e. The molecule has 1 aromatic rings. The van der Waals surface area contributed by atoms with Gasteiger partial charge in [-0.2, -0.15) is 5.26 Å². The molecule has 4 heteroatoms. The van der Waals surface area contributed by atoms with Gasteiger partial charge in [-0.05, 0) is 36.6 Å². The molecule has 1 saturated carbocycles. The Morgan fingerprint density at radius 2 is 2.14 bits per heavy atom. The fourth-order valence-electron chi connectivity index (χ4n) is 2.58. The van der Waals surface area contributed by atoms with E-state index in [0.29, 0.717) is 12.1 Å². The van der Waals surface area contributed by atoms with Crippen LogP contribution in [-0.2, 0) is 4.79 Å². The van der Waals surface area contributed by atoms with Gasteiger partial charge in [-0.1, -0.05) is 31.4 Å². The van der Waals surface area contributed by atoms with Crippen molar-refractivity contribution < 1.29 is 9.90 Å². The van der Waals surface area contributed by atoms with E-state index in [9.17, 15) is 9.90 Å². The molecular formula is C17H20N2O2. The summed E-state index contributed by atoms with van der Waals surface area (Å²) in [4.78, 5) is 11.8. The van der Waals surface area contributed by atoms with E-state index in [-0.39, 0.29) is 5.91 Å². The van der Waals surface area contributed by atoms with E-state index in [1.165, 1.54) is 6.08 Å². The molecule has 0 heterocycles. The van der Waals surface area contributed by atoms with Crippen molar-refractivity contribution in [2.24, 2.45) is 0 Å². The molecule has 110 valence electrons. The number of nitriles is 1. The molecule has 0 spiro atoms. The van der Waals surface area contributed by atoms with Crippen LogP contribution in [0.3, 0.4) is 0 Å². The first-order valence-electron chi connectivity index (χ1n) is 7.30. The molecule has 1 aromatic carbocycles. The molecule has 0 radical (unpaired) electrons. The lowest BCUT2D eigenvalue weighted by atomic mass is 9.85. The molecule has 1 fully saturated rings. The van der Waals surface area contributed by atoms with Crippen LogP contribution in [0.2, 0.25) is 0 Å². The molecule has 0 saturated heterocycles. The summed E-state index contributed by atoms with van der Waals surface area (Å²) in [5.74, 6) is -0.226. The van der Waals surface area contributed by atoms with Crippen LogP contribution < -0.4 is 5.32 Å². The molecule has 1 amide bonds. The Morgan fingerprint density at radius 1 is 1.38 bits per heavy atom. The van der Waals surface area contributed by atoms with Gasteiger partial charge in [-0.25, -0.2) is 0 Å². The zero-order valence-electron chi connectivity index (χ0n) is 12.0. The average Bonchev–Trinajstić information content (AvgIpc) is 2.52. The maximum absolute atomic E-state index is 11.8. The van der Waals surface area contributed by atoms with Gasteiger partial charge < -0.3 is 10.4 Å². The molecule has 0 aliphatic heterocycles. The first kappa shape index (κ1) is 15.3. The second-order valence-corrected chi connectivity index (χ2v) is 5.57. The van der Waals surface area contributed by atoms with Crippen LogP contribution in [0.15, 0.2) is 30.3 Å². The highest BCUT2D eigenvalue weighted by Crippen LogP contribution is 2.27.